The maximum absolute atomic E-state index is 6.13. The van der Waals surface area contributed by atoms with Crippen LogP contribution in [-0.2, 0) is 6.42 Å². The van der Waals surface area contributed by atoms with Gasteiger partial charge in [0.25, 0.3) is 0 Å². The second-order valence-electron chi connectivity index (χ2n) is 5.60. The normalized spacial score (nSPS) is 21.6. The maximum atomic E-state index is 6.13. The maximum Gasteiger partial charge on any atom is 0.135 e. The van der Waals surface area contributed by atoms with Gasteiger partial charge in [-0.2, -0.15) is 0 Å². The van der Waals surface area contributed by atoms with E-state index >= 15 is 0 Å². The van der Waals surface area contributed by atoms with Crippen LogP contribution in [0.5, 0.6) is 0 Å². The first kappa shape index (κ1) is 12.6. The van der Waals surface area contributed by atoms with Gasteiger partial charge < -0.3 is 5.32 Å². The fourth-order valence-corrected chi connectivity index (χ4v) is 4.03. The van der Waals surface area contributed by atoms with Gasteiger partial charge in [-0.05, 0) is 49.1 Å². The molecule has 2 aromatic rings. The number of thiophene rings is 1. The number of nitrogens with one attached hydrogen (secondary N) is 1. The third-order valence-corrected chi connectivity index (χ3v) is 5.22. The van der Waals surface area contributed by atoms with Gasteiger partial charge in [0, 0.05) is 16.9 Å². The minimum absolute atomic E-state index is 0.364. The summed E-state index contributed by atoms with van der Waals surface area (Å²) in [6.45, 7) is 0. The van der Waals surface area contributed by atoms with Gasteiger partial charge in [-0.25, -0.2) is 9.97 Å². The van der Waals surface area contributed by atoms with E-state index in [1.807, 2.05) is 17.4 Å². The van der Waals surface area contributed by atoms with Crippen LogP contribution in [0.2, 0.25) is 5.15 Å². The molecule has 1 atom stereocenters. The van der Waals surface area contributed by atoms with Gasteiger partial charge in [0.15, 0.2) is 0 Å². The molecule has 1 saturated carbocycles. The van der Waals surface area contributed by atoms with Gasteiger partial charge in [0.2, 0.25) is 0 Å². The van der Waals surface area contributed by atoms with Crippen molar-refractivity contribution in [3.8, 4) is 0 Å². The monoisotopic (exact) mass is 305 g/mol. The summed E-state index contributed by atoms with van der Waals surface area (Å²) in [5.74, 6) is 2.30. The quantitative estimate of drug-likeness (QED) is 0.845. The van der Waals surface area contributed by atoms with Crippen LogP contribution in [-0.4, -0.2) is 9.97 Å². The molecule has 1 unspecified atom stereocenters. The molecule has 0 spiro atoms. The van der Waals surface area contributed by atoms with Gasteiger partial charge in [-0.3, -0.25) is 0 Å². The minimum Gasteiger partial charge on any atom is -0.363 e. The van der Waals surface area contributed by atoms with Crippen LogP contribution in [0.1, 0.15) is 53.9 Å². The SMILES string of the molecule is Clc1cc(NC2CCCc3sccc32)nc(C2CC2)n1. The highest BCUT2D eigenvalue weighted by Crippen LogP contribution is 2.40. The number of aryl methyl sites for hydroxylation is 1. The van der Waals surface area contributed by atoms with Crippen LogP contribution < -0.4 is 5.32 Å². The molecule has 2 aliphatic rings. The Morgan fingerprint density at radius 3 is 3.00 bits per heavy atom. The Kier molecular flexibility index (Phi) is 3.15. The summed E-state index contributed by atoms with van der Waals surface area (Å²) in [5.41, 5.74) is 1.43. The Balaban J connectivity index is 1.60. The van der Waals surface area contributed by atoms with Crippen LogP contribution in [0.3, 0.4) is 0 Å². The van der Waals surface area contributed by atoms with Gasteiger partial charge in [-0.15, -0.1) is 11.3 Å². The molecule has 0 bridgehead atoms. The van der Waals surface area contributed by atoms with Crippen molar-refractivity contribution >= 4 is 28.8 Å². The number of fused-ring (bicyclic) bond motifs is 1. The minimum atomic E-state index is 0.364. The first-order valence-corrected chi connectivity index (χ1v) is 8.42. The molecule has 2 aromatic heterocycles. The third-order valence-electron chi connectivity index (χ3n) is 4.03. The van der Waals surface area contributed by atoms with Crippen molar-refractivity contribution in [1.29, 1.82) is 0 Å². The highest BCUT2D eigenvalue weighted by atomic mass is 35.5. The van der Waals surface area contributed by atoms with E-state index in [1.54, 1.807) is 0 Å². The molecule has 0 radical (unpaired) electrons. The Hall–Kier alpha value is -1.13. The second-order valence-corrected chi connectivity index (χ2v) is 6.98. The topological polar surface area (TPSA) is 37.8 Å². The molecular formula is C15H16ClN3S. The van der Waals surface area contributed by atoms with Gasteiger partial charge >= 0.3 is 0 Å². The summed E-state index contributed by atoms with van der Waals surface area (Å²) in [4.78, 5) is 10.5. The predicted octanol–water partition coefficient (Wildman–Crippen LogP) is 4.56. The molecule has 5 heteroatoms. The van der Waals surface area contributed by atoms with Crippen molar-refractivity contribution in [2.24, 2.45) is 0 Å². The molecular weight excluding hydrogens is 290 g/mol. The Morgan fingerprint density at radius 1 is 1.25 bits per heavy atom. The van der Waals surface area contributed by atoms with E-state index in [2.05, 4.69) is 26.7 Å². The van der Waals surface area contributed by atoms with E-state index < -0.39 is 0 Å². The molecule has 0 aromatic carbocycles. The highest BCUT2D eigenvalue weighted by molar-refractivity contribution is 7.10. The fourth-order valence-electron chi connectivity index (χ4n) is 2.85. The van der Waals surface area contributed by atoms with E-state index in [4.69, 9.17) is 11.6 Å². The summed E-state index contributed by atoms with van der Waals surface area (Å²) < 4.78 is 0. The summed E-state index contributed by atoms with van der Waals surface area (Å²) in [6.07, 6.45) is 5.99. The number of hydrogen-bond acceptors (Lipinski definition) is 4. The number of anilines is 1. The lowest BCUT2D eigenvalue weighted by Crippen LogP contribution is -2.16. The van der Waals surface area contributed by atoms with Crippen molar-refractivity contribution in [1.82, 2.24) is 9.97 Å². The smallest absolute Gasteiger partial charge is 0.135 e. The second kappa shape index (κ2) is 5.01. The number of rotatable bonds is 3. The van der Waals surface area contributed by atoms with E-state index in [0.717, 1.165) is 18.1 Å². The molecule has 0 aliphatic heterocycles. The van der Waals surface area contributed by atoms with Crippen LogP contribution in [0, 0.1) is 0 Å². The van der Waals surface area contributed by atoms with Crippen LogP contribution in [0.4, 0.5) is 5.82 Å². The molecule has 1 N–H and O–H groups in total. The first-order chi connectivity index (χ1) is 9.79. The molecule has 2 aliphatic carbocycles. The van der Waals surface area contributed by atoms with Crippen LogP contribution in [0.15, 0.2) is 17.5 Å². The molecule has 104 valence electrons. The Morgan fingerprint density at radius 2 is 2.15 bits per heavy atom. The van der Waals surface area contributed by atoms with E-state index in [-0.39, 0.29) is 0 Å². The Labute approximate surface area is 127 Å². The summed E-state index contributed by atoms with van der Waals surface area (Å²) >= 11 is 7.99. The third kappa shape index (κ3) is 2.42. The standard InChI is InChI=1S/C15H16ClN3S/c16-13-8-14(19-15(18-13)9-4-5-9)17-11-2-1-3-12-10(11)6-7-20-12/h6-9,11H,1-5H2,(H,17,18,19). The number of nitrogens with zero attached hydrogens (tertiary/aromatic N) is 2. The lowest BCUT2D eigenvalue weighted by atomic mass is 9.94. The number of aromatic nitrogens is 2. The highest BCUT2D eigenvalue weighted by Gasteiger charge is 2.28. The molecule has 4 rings (SSSR count). The van der Waals surface area contributed by atoms with Gasteiger partial charge in [0.05, 0.1) is 6.04 Å². The largest absolute Gasteiger partial charge is 0.363 e. The average molecular weight is 306 g/mol. The lowest BCUT2D eigenvalue weighted by molar-refractivity contribution is 0.606. The van der Waals surface area contributed by atoms with Crippen molar-refractivity contribution in [2.75, 3.05) is 5.32 Å². The van der Waals surface area contributed by atoms with E-state index in [1.165, 1.54) is 36.1 Å². The van der Waals surface area contributed by atoms with Crippen molar-refractivity contribution in [2.45, 2.75) is 44.1 Å². The number of halogens is 1. The zero-order valence-corrected chi connectivity index (χ0v) is 12.7. The summed E-state index contributed by atoms with van der Waals surface area (Å²) in [7, 11) is 0. The molecule has 0 saturated heterocycles. The first-order valence-electron chi connectivity index (χ1n) is 7.17. The molecule has 3 nitrogen and oxygen atoms in total. The Bertz CT molecular complexity index is 636. The molecule has 1 fully saturated rings. The fraction of sp³-hybridized carbons (Fsp3) is 0.467. The summed E-state index contributed by atoms with van der Waals surface area (Å²) in [5, 5.41) is 6.29. The van der Waals surface area contributed by atoms with Crippen molar-refractivity contribution in [3.63, 3.8) is 0 Å². The zero-order chi connectivity index (χ0) is 13.5. The van der Waals surface area contributed by atoms with Crippen molar-refractivity contribution in [3.05, 3.63) is 38.9 Å². The van der Waals surface area contributed by atoms with Crippen LogP contribution in [0.25, 0.3) is 0 Å². The molecule has 20 heavy (non-hydrogen) atoms. The van der Waals surface area contributed by atoms with Gasteiger partial charge in [-0.1, -0.05) is 11.6 Å². The van der Waals surface area contributed by atoms with E-state index in [9.17, 15) is 0 Å². The number of hydrogen-bond donors (Lipinski definition) is 1. The van der Waals surface area contributed by atoms with Crippen molar-refractivity contribution < 1.29 is 0 Å². The predicted molar refractivity (Wildman–Crippen MR) is 82.6 cm³/mol. The lowest BCUT2D eigenvalue weighted by Gasteiger charge is -2.24. The molecule has 2 heterocycles. The average Bonchev–Trinajstić information content (AvgIpc) is 3.17. The zero-order valence-electron chi connectivity index (χ0n) is 11.1. The molecule has 0 amide bonds. The summed E-state index contributed by atoms with van der Waals surface area (Å²) in [6, 6.07) is 4.44. The van der Waals surface area contributed by atoms with Crippen LogP contribution >= 0.6 is 22.9 Å². The van der Waals surface area contributed by atoms with Gasteiger partial charge in [0.1, 0.15) is 16.8 Å². The van der Waals surface area contributed by atoms with E-state index in [0.29, 0.717) is 17.1 Å².